The van der Waals surface area contributed by atoms with Crippen LogP contribution < -0.4 is 14.8 Å². The molecule has 38 heavy (non-hydrogen) atoms. The van der Waals surface area contributed by atoms with Gasteiger partial charge in [0.1, 0.15) is 23.1 Å². The number of hydrogen-bond donors (Lipinski definition) is 1. The fourth-order valence-electron chi connectivity index (χ4n) is 4.68. The number of fused-ring (bicyclic) bond motifs is 1. The van der Waals surface area contributed by atoms with Crippen molar-refractivity contribution in [2.75, 3.05) is 11.9 Å². The van der Waals surface area contributed by atoms with Crippen LogP contribution in [0.5, 0.6) is 17.2 Å². The number of benzene rings is 2. The van der Waals surface area contributed by atoms with E-state index in [0.717, 1.165) is 60.2 Å². The Labute approximate surface area is 226 Å². The Kier molecular flexibility index (Phi) is 7.09. The highest BCUT2D eigenvalue weighted by molar-refractivity contribution is 7.15. The van der Waals surface area contributed by atoms with E-state index in [9.17, 15) is 4.79 Å². The molecule has 2 aliphatic rings. The molecule has 2 aromatic heterocycles. The molecule has 8 nitrogen and oxygen atoms in total. The van der Waals surface area contributed by atoms with Gasteiger partial charge >= 0.3 is 0 Å². The van der Waals surface area contributed by atoms with Crippen LogP contribution in [0.15, 0.2) is 48.7 Å². The molecule has 196 valence electrons. The minimum absolute atomic E-state index is 0.250. The van der Waals surface area contributed by atoms with Crippen LogP contribution in [0, 0.1) is 12.8 Å². The Morgan fingerprint density at radius 1 is 1.05 bits per heavy atom. The van der Waals surface area contributed by atoms with Crippen molar-refractivity contribution in [2.45, 2.75) is 58.4 Å². The summed E-state index contributed by atoms with van der Waals surface area (Å²) in [6.07, 6.45) is 9.84. The van der Waals surface area contributed by atoms with Crippen LogP contribution in [0.25, 0.3) is 11.4 Å². The van der Waals surface area contributed by atoms with Crippen LogP contribution in [0.4, 0.5) is 5.13 Å². The second kappa shape index (κ2) is 10.9. The zero-order chi connectivity index (χ0) is 25.9. The van der Waals surface area contributed by atoms with Crippen LogP contribution in [0.3, 0.4) is 0 Å². The van der Waals surface area contributed by atoms with Crippen LogP contribution in [-0.2, 0) is 13.0 Å². The lowest BCUT2D eigenvalue weighted by atomic mass is 10.1. The van der Waals surface area contributed by atoms with E-state index in [2.05, 4.69) is 25.1 Å². The Bertz CT molecular complexity index is 1420. The number of nitrogens with zero attached hydrogens (tertiary/aromatic N) is 4. The van der Waals surface area contributed by atoms with Gasteiger partial charge in [-0.1, -0.05) is 19.3 Å². The molecule has 2 aromatic carbocycles. The fourth-order valence-corrected chi connectivity index (χ4v) is 5.34. The molecule has 3 heterocycles. The standard InChI is InChI=1S/C29H31N5O3S/c1-19-18-30-29(38-19)31-28(35)22-15-24(36-14-12-20-6-7-20)17-25(16-22)37-23-10-8-21(9-11-23)27-33-32-26-5-3-2-4-13-34(26)27/h8-11,15-18,20H,2-7,12-14H2,1H3,(H,30,31,35). The first-order valence-electron chi connectivity index (χ1n) is 13.3. The number of rotatable bonds is 9. The molecule has 9 heteroatoms. The molecule has 1 amide bonds. The third-order valence-corrected chi connectivity index (χ3v) is 7.76. The summed E-state index contributed by atoms with van der Waals surface area (Å²) in [6.45, 7) is 3.53. The molecule has 1 fully saturated rings. The minimum Gasteiger partial charge on any atom is -0.493 e. The Morgan fingerprint density at radius 2 is 1.89 bits per heavy atom. The molecule has 1 aliphatic heterocycles. The number of thiazole rings is 1. The van der Waals surface area contributed by atoms with E-state index in [-0.39, 0.29) is 5.91 Å². The Hall–Kier alpha value is -3.72. The van der Waals surface area contributed by atoms with E-state index in [1.807, 2.05) is 37.3 Å². The van der Waals surface area contributed by atoms with Crippen molar-refractivity contribution in [1.82, 2.24) is 19.7 Å². The Morgan fingerprint density at radius 3 is 2.68 bits per heavy atom. The number of carbonyl (C=O) groups is 1. The second-order valence-corrected chi connectivity index (χ2v) is 11.3. The number of aromatic nitrogens is 4. The molecule has 6 rings (SSSR count). The van der Waals surface area contributed by atoms with E-state index in [1.54, 1.807) is 18.3 Å². The first-order valence-corrected chi connectivity index (χ1v) is 14.1. The highest BCUT2D eigenvalue weighted by Crippen LogP contribution is 2.34. The van der Waals surface area contributed by atoms with Gasteiger partial charge in [0.15, 0.2) is 11.0 Å². The molecule has 1 N–H and O–H groups in total. The molecule has 0 atom stereocenters. The molecule has 1 saturated carbocycles. The average molecular weight is 530 g/mol. The molecular formula is C29H31N5O3S. The molecule has 0 saturated heterocycles. The normalized spacial score (nSPS) is 15.0. The van der Waals surface area contributed by atoms with Crippen LogP contribution >= 0.6 is 11.3 Å². The molecule has 0 spiro atoms. The van der Waals surface area contributed by atoms with Gasteiger partial charge in [0, 0.05) is 41.2 Å². The molecule has 0 unspecified atom stereocenters. The summed E-state index contributed by atoms with van der Waals surface area (Å²) in [5.74, 6) is 4.31. The van der Waals surface area contributed by atoms with Crippen molar-refractivity contribution in [3.8, 4) is 28.6 Å². The lowest BCUT2D eigenvalue weighted by Crippen LogP contribution is -2.12. The number of hydrogen-bond acceptors (Lipinski definition) is 7. The van der Waals surface area contributed by atoms with Gasteiger partial charge in [0.25, 0.3) is 5.91 Å². The lowest BCUT2D eigenvalue weighted by molar-refractivity contribution is 0.102. The first-order chi connectivity index (χ1) is 18.6. The molecule has 0 bridgehead atoms. The first kappa shape index (κ1) is 24.6. The zero-order valence-corrected chi connectivity index (χ0v) is 22.3. The molecule has 4 aromatic rings. The maximum absolute atomic E-state index is 13.0. The molecule has 1 aliphatic carbocycles. The van der Waals surface area contributed by atoms with E-state index < -0.39 is 0 Å². The van der Waals surface area contributed by atoms with Crippen molar-refractivity contribution < 1.29 is 14.3 Å². The van der Waals surface area contributed by atoms with Crippen molar-refractivity contribution in [3.05, 3.63) is 64.9 Å². The van der Waals surface area contributed by atoms with E-state index >= 15 is 0 Å². The quantitative estimate of drug-likeness (QED) is 0.261. The number of amides is 1. The van der Waals surface area contributed by atoms with Crippen molar-refractivity contribution in [3.63, 3.8) is 0 Å². The zero-order valence-electron chi connectivity index (χ0n) is 21.5. The summed E-state index contributed by atoms with van der Waals surface area (Å²) < 4.78 is 14.4. The monoisotopic (exact) mass is 529 g/mol. The summed E-state index contributed by atoms with van der Waals surface area (Å²) in [7, 11) is 0. The maximum atomic E-state index is 13.0. The van der Waals surface area contributed by atoms with Crippen molar-refractivity contribution >= 4 is 22.4 Å². The third kappa shape index (κ3) is 5.88. The number of nitrogens with one attached hydrogen (secondary N) is 1. The summed E-state index contributed by atoms with van der Waals surface area (Å²) in [4.78, 5) is 18.3. The number of carbonyl (C=O) groups excluding carboxylic acids is 1. The SMILES string of the molecule is Cc1cnc(NC(=O)c2cc(OCCC3CC3)cc(Oc3ccc(-c4nnc5n4CCCCC5)cc3)c2)s1. The van der Waals surface area contributed by atoms with E-state index in [4.69, 9.17) is 9.47 Å². The summed E-state index contributed by atoms with van der Waals surface area (Å²) >= 11 is 1.44. The predicted molar refractivity (Wildman–Crippen MR) is 147 cm³/mol. The summed E-state index contributed by atoms with van der Waals surface area (Å²) in [6, 6.07) is 13.2. The summed E-state index contributed by atoms with van der Waals surface area (Å²) in [5, 5.41) is 12.3. The van der Waals surface area contributed by atoms with Crippen LogP contribution in [-0.4, -0.2) is 32.3 Å². The number of anilines is 1. The smallest absolute Gasteiger partial charge is 0.257 e. The average Bonchev–Trinajstić information content (AvgIpc) is 3.60. The molecule has 0 radical (unpaired) electrons. The van der Waals surface area contributed by atoms with Gasteiger partial charge in [-0.2, -0.15) is 0 Å². The lowest BCUT2D eigenvalue weighted by Gasteiger charge is -2.13. The van der Waals surface area contributed by atoms with E-state index in [1.165, 1.54) is 30.6 Å². The van der Waals surface area contributed by atoms with Crippen LogP contribution in [0.2, 0.25) is 0 Å². The summed E-state index contributed by atoms with van der Waals surface area (Å²) in [5.41, 5.74) is 1.47. The number of aryl methyl sites for hydroxylation is 2. The second-order valence-electron chi connectivity index (χ2n) is 10.0. The van der Waals surface area contributed by atoms with Crippen LogP contribution in [0.1, 0.15) is 59.6 Å². The Balaban J connectivity index is 1.20. The highest BCUT2D eigenvalue weighted by atomic mass is 32.1. The van der Waals surface area contributed by atoms with Gasteiger partial charge in [-0.25, -0.2) is 4.98 Å². The maximum Gasteiger partial charge on any atom is 0.257 e. The number of ether oxygens (including phenoxy) is 2. The van der Waals surface area contributed by atoms with Gasteiger partial charge in [-0.15, -0.1) is 21.5 Å². The largest absolute Gasteiger partial charge is 0.493 e. The predicted octanol–water partition coefficient (Wildman–Crippen LogP) is 6.66. The topological polar surface area (TPSA) is 91.2 Å². The van der Waals surface area contributed by atoms with Gasteiger partial charge < -0.3 is 14.0 Å². The van der Waals surface area contributed by atoms with Gasteiger partial charge in [0.05, 0.1) is 6.61 Å². The fraction of sp³-hybridized carbons (Fsp3) is 0.379. The van der Waals surface area contributed by atoms with Crippen molar-refractivity contribution in [1.29, 1.82) is 0 Å². The minimum atomic E-state index is -0.250. The van der Waals surface area contributed by atoms with Gasteiger partial charge in [-0.3, -0.25) is 10.1 Å². The van der Waals surface area contributed by atoms with Gasteiger partial charge in [-0.05, 0) is 68.5 Å². The highest BCUT2D eigenvalue weighted by Gasteiger charge is 2.21. The molecular weight excluding hydrogens is 498 g/mol. The van der Waals surface area contributed by atoms with Gasteiger partial charge in [0.2, 0.25) is 0 Å². The van der Waals surface area contributed by atoms with E-state index in [0.29, 0.717) is 34.6 Å². The third-order valence-electron chi connectivity index (χ3n) is 6.93. The van der Waals surface area contributed by atoms with Crippen molar-refractivity contribution in [2.24, 2.45) is 5.92 Å².